The molecule has 0 saturated heterocycles. The molecule has 7 nitrogen and oxygen atoms in total. The van der Waals surface area contributed by atoms with Gasteiger partial charge in [0.05, 0.1) is 11.3 Å². The molecule has 8 heteroatoms. The number of hydrogen-bond donors (Lipinski definition) is 1. The lowest BCUT2D eigenvalue weighted by atomic mass is 9.94. The number of benzene rings is 3. The van der Waals surface area contributed by atoms with Crippen LogP contribution in [0.2, 0.25) is 0 Å². The summed E-state index contributed by atoms with van der Waals surface area (Å²) in [5.41, 5.74) is 3.74. The molecule has 0 fully saturated rings. The van der Waals surface area contributed by atoms with E-state index >= 15 is 0 Å². The standard InChI is InChI=1S/C26H26N2O5S/c1-3-4-10-25-27(2)34(31,32)24-15-20-18(14-22(24)28(25)19-8-6-5-7-9-19)16-33-23-12-11-17(26(29)30)13-21(20)23/h5-9,11-15,25H,3-4,10,16H2,1-2H3,(H,29,30). The van der Waals surface area contributed by atoms with Crippen molar-refractivity contribution < 1.29 is 23.1 Å². The molecule has 0 bridgehead atoms. The van der Waals surface area contributed by atoms with Crippen molar-refractivity contribution in [1.29, 1.82) is 0 Å². The molecular formula is C26H26N2O5S. The van der Waals surface area contributed by atoms with E-state index in [1.54, 1.807) is 25.2 Å². The fourth-order valence-electron chi connectivity index (χ4n) is 4.77. The number of unbranched alkanes of at least 4 members (excludes halogenated alkanes) is 1. The first kappa shape index (κ1) is 22.4. The molecule has 0 radical (unpaired) electrons. The Morgan fingerprint density at radius 2 is 1.85 bits per heavy atom. The van der Waals surface area contributed by atoms with E-state index in [4.69, 9.17) is 4.74 Å². The molecule has 0 aliphatic carbocycles. The Morgan fingerprint density at radius 3 is 2.56 bits per heavy atom. The fraction of sp³-hybridized carbons (Fsp3) is 0.269. The van der Waals surface area contributed by atoms with Gasteiger partial charge in [-0.2, -0.15) is 4.31 Å². The van der Waals surface area contributed by atoms with Crippen LogP contribution in [0.1, 0.15) is 42.1 Å². The lowest BCUT2D eigenvalue weighted by Crippen LogP contribution is -2.51. The van der Waals surface area contributed by atoms with Gasteiger partial charge in [-0.15, -0.1) is 0 Å². The van der Waals surface area contributed by atoms with Gasteiger partial charge in [-0.1, -0.05) is 38.0 Å². The first-order valence-corrected chi connectivity index (χ1v) is 12.8. The maximum Gasteiger partial charge on any atom is 0.335 e. The second-order valence-corrected chi connectivity index (χ2v) is 10.6. The number of carbonyl (C=O) groups is 1. The van der Waals surface area contributed by atoms with Crippen LogP contribution in [0.4, 0.5) is 11.4 Å². The minimum Gasteiger partial charge on any atom is -0.488 e. The number of anilines is 2. The molecule has 34 heavy (non-hydrogen) atoms. The van der Waals surface area contributed by atoms with Crippen LogP contribution in [-0.2, 0) is 16.6 Å². The molecule has 1 atom stereocenters. The van der Waals surface area contributed by atoms with Gasteiger partial charge in [0.15, 0.2) is 0 Å². The van der Waals surface area contributed by atoms with E-state index in [0.717, 1.165) is 24.1 Å². The van der Waals surface area contributed by atoms with Gasteiger partial charge in [-0.3, -0.25) is 0 Å². The lowest BCUT2D eigenvalue weighted by molar-refractivity contribution is 0.0697. The molecule has 3 aromatic rings. The number of carboxylic acid groups (broad SMARTS) is 1. The number of fused-ring (bicyclic) bond motifs is 4. The number of ether oxygens (including phenoxy) is 1. The SMILES string of the molecule is CCCCC1N(c2ccccc2)c2cc3c(cc2S(=O)(=O)N1C)-c1cc(C(=O)O)ccc1OC3. The largest absolute Gasteiger partial charge is 0.488 e. The van der Waals surface area contributed by atoms with Crippen molar-refractivity contribution in [3.8, 4) is 16.9 Å². The highest BCUT2D eigenvalue weighted by molar-refractivity contribution is 7.89. The van der Waals surface area contributed by atoms with E-state index in [-0.39, 0.29) is 23.2 Å². The summed E-state index contributed by atoms with van der Waals surface area (Å²) in [6.45, 7) is 2.37. The summed E-state index contributed by atoms with van der Waals surface area (Å²) in [7, 11) is -2.14. The van der Waals surface area contributed by atoms with Crippen molar-refractivity contribution in [3.05, 3.63) is 71.8 Å². The summed E-state index contributed by atoms with van der Waals surface area (Å²) in [4.78, 5) is 13.8. The quantitative estimate of drug-likeness (QED) is 0.540. The van der Waals surface area contributed by atoms with Gasteiger partial charge in [0, 0.05) is 18.3 Å². The minimum atomic E-state index is -3.77. The van der Waals surface area contributed by atoms with E-state index in [2.05, 4.69) is 11.8 Å². The molecule has 0 amide bonds. The molecule has 2 heterocycles. The van der Waals surface area contributed by atoms with E-state index in [0.29, 0.717) is 29.0 Å². The van der Waals surface area contributed by atoms with Crippen molar-refractivity contribution in [2.24, 2.45) is 0 Å². The zero-order valence-electron chi connectivity index (χ0n) is 19.1. The number of hydrogen-bond acceptors (Lipinski definition) is 5. The van der Waals surface area contributed by atoms with Crippen LogP contribution in [0.5, 0.6) is 5.75 Å². The third-order valence-corrected chi connectivity index (χ3v) is 8.45. The van der Waals surface area contributed by atoms with Crippen molar-refractivity contribution >= 4 is 27.4 Å². The number of sulfonamides is 1. The minimum absolute atomic E-state index is 0.124. The molecule has 1 N–H and O–H groups in total. The first-order valence-electron chi connectivity index (χ1n) is 11.3. The molecule has 0 aromatic heterocycles. The molecule has 5 rings (SSSR count). The molecule has 0 spiro atoms. The predicted molar refractivity (Wildman–Crippen MR) is 130 cm³/mol. The van der Waals surface area contributed by atoms with E-state index in [9.17, 15) is 18.3 Å². The van der Waals surface area contributed by atoms with E-state index in [1.807, 2.05) is 36.4 Å². The second kappa shape index (κ2) is 8.45. The average Bonchev–Trinajstić information content (AvgIpc) is 2.84. The maximum absolute atomic E-state index is 13.7. The molecule has 0 saturated carbocycles. The maximum atomic E-state index is 13.7. The van der Waals surface area contributed by atoms with Gasteiger partial charge >= 0.3 is 5.97 Å². The van der Waals surface area contributed by atoms with E-state index < -0.39 is 16.0 Å². The van der Waals surface area contributed by atoms with Gasteiger partial charge in [-0.05, 0) is 60.0 Å². The van der Waals surface area contributed by atoms with Crippen LogP contribution >= 0.6 is 0 Å². The fourth-order valence-corrected chi connectivity index (χ4v) is 6.29. The van der Waals surface area contributed by atoms with Crippen molar-refractivity contribution in [1.82, 2.24) is 4.31 Å². The normalized spacial score (nSPS) is 18.4. The Labute approximate surface area is 199 Å². The molecule has 2 aliphatic rings. The highest BCUT2D eigenvalue weighted by Crippen LogP contribution is 2.47. The van der Waals surface area contributed by atoms with E-state index in [1.165, 1.54) is 10.4 Å². The molecule has 3 aromatic carbocycles. The topological polar surface area (TPSA) is 87.2 Å². The summed E-state index contributed by atoms with van der Waals surface area (Å²) >= 11 is 0. The smallest absolute Gasteiger partial charge is 0.335 e. The Balaban J connectivity index is 1.75. The van der Waals surface area contributed by atoms with Crippen LogP contribution in [-0.4, -0.2) is 37.0 Å². The van der Waals surface area contributed by atoms with Crippen molar-refractivity contribution in [3.63, 3.8) is 0 Å². The summed E-state index contributed by atoms with van der Waals surface area (Å²) in [5.74, 6) is -0.506. The summed E-state index contributed by atoms with van der Waals surface area (Å²) in [6.07, 6.45) is 2.19. The summed E-state index contributed by atoms with van der Waals surface area (Å²) < 4.78 is 34.8. The Morgan fingerprint density at radius 1 is 1.09 bits per heavy atom. The third kappa shape index (κ3) is 3.54. The molecular weight excluding hydrogens is 452 g/mol. The highest BCUT2D eigenvalue weighted by atomic mass is 32.2. The summed E-state index contributed by atoms with van der Waals surface area (Å²) in [5, 5.41) is 9.45. The Bertz CT molecular complexity index is 1370. The second-order valence-electron chi connectivity index (χ2n) is 8.63. The zero-order valence-corrected chi connectivity index (χ0v) is 19.9. The molecule has 2 aliphatic heterocycles. The number of carboxylic acids is 1. The first-order chi connectivity index (χ1) is 16.3. The monoisotopic (exact) mass is 478 g/mol. The number of rotatable bonds is 5. The number of para-hydroxylation sites is 1. The highest BCUT2D eigenvalue weighted by Gasteiger charge is 2.42. The number of aromatic carboxylic acids is 1. The van der Waals surface area contributed by atoms with Gasteiger partial charge in [-0.25, -0.2) is 13.2 Å². The van der Waals surface area contributed by atoms with Gasteiger partial charge in [0.25, 0.3) is 0 Å². The van der Waals surface area contributed by atoms with Gasteiger partial charge in [0.1, 0.15) is 23.4 Å². The van der Waals surface area contributed by atoms with Gasteiger partial charge < -0.3 is 14.7 Å². The van der Waals surface area contributed by atoms with Crippen LogP contribution < -0.4 is 9.64 Å². The molecule has 1 unspecified atom stereocenters. The van der Waals surface area contributed by atoms with Gasteiger partial charge in [0.2, 0.25) is 10.0 Å². The lowest BCUT2D eigenvalue weighted by Gasteiger charge is -2.44. The van der Waals surface area contributed by atoms with Crippen LogP contribution in [0.25, 0.3) is 11.1 Å². The molecule has 176 valence electrons. The van der Waals surface area contributed by atoms with Crippen LogP contribution in [0.3, 0.4) is 0 Å². The zero-order chi connectivity index (χ0) is 24.0. The summed E-state index contributed by atoms with van der Waals surface area (Å²) in [6, 6.07) is 18.0. The van der Waals surface area contributed by atoms with Crippen LogP contribution in [0, 0.1) is 0 Å². The van der Waals surface area contributed by atoms with Crippen molar-refractivity contribution in [2.75, 3.05) is 11.9 Å². The third-order valence-electron chi connectivity index (χ3n) is 6.57. The van der Waals surface area contributed by atoms with Crippen molar-refractivity contribution in [2.45, 2.75) is 43.9 Å². The average molecular weight is 479 g/mol. The number of nitrogens with zero attached hydrogens (tertiary/aromatic N) is 2. The Hall–Kier alpha value is -3.36. The predicted octanol–water partition coefficient (Wildman–Crippen LogP) is 5.23. The Kier molecular flexibility index (Phi) is 5.58. The van der Waals surface area contributed by atoms with Crippen LogP contribution in [0.15, 0.2) is 65.6 Å².